The van der Waals surface area contributed by atoms with E-state index in [1.165, 1.54) is 4.31 Å². The van der Waals surface area contributed by atoms with Crippen molar-refractivity contribution in [3.63, 3.8) is 0 Å². The van der Waals surface area contributed by atoms with Gasteiger partial charge >= 0.3 is 0 Å². The number of aromatic nitrogens is 1. The first-order valence-electron chi connectivity index (χ1n) is 5.23. The van der Waals surface area contributed by atoms with Crippen molar-refractivity contribution < 1.29 is 8.42 Å². The van der Waals surface area contributed by atoms with Gasteiger partial charge in [-0.1, -0.05) is 6.07 Å². The van der Waals surface area contributed by atoms with E-state index in [1.54, 1.807) is 24.5 Å². The highest BCUT2D eigenvalue weighted by molar-refractivity contribution is 7.89. The lowest BCUT2D eigenvalue weighted by molar-refractivity contribution is 0.308. The summed E-state index contributed by atoms with van der Waals surface area (Å²) in [5, 5.41) is 0. The van der Waals surface area contributed by atoms with Crippen molar-refractivity contribution in [2.24, 2.45) is 5.73 Å². The zero-order valence-corrected chi connectivity index (χ0v) is 9.73. The standard InChI is InChI=1S/C10H15N3O2S/c11-10(9-3-1-4-12-7-9)8-16(14,15)13-5-2-6-13/h1,3-4,7,10H,2,5-6,8,11H2. The minimum atomic E-state index is -3.19. The van der Waals surface area contributed by atoms with Crippen molar-refractivity contribution in [2.75, 3.05) is 18.8 Å². The number of rotatable bonds is 4. The number of nitrogens with zero attached hydrogens (tertiary/aromatic N) is 2. The summed E-state index contributed by atoms with van der Waals surface area (Å²) >= 11 is 0. The fraction of sp³-hybridized carbons (Fsp3) is 0.500. The zero-order chi connectivity index (χ0) is 11.6. The van der Waals surface area contributed by atoms with Crippen molar-refractivity contribution >= 4 is 10.0 Å². The molecule has 1 unspecified atom stereocenters. The minimum absolute atomic E-state index is 0.0430. The zero-order valence-electron chi connectivity index (χ0n) is 8.91. The molecule has 2 N–H and O–H groups in total. The molecule has 2 rings (SSSR count). The summed E-state index contributed by atoms with van der Waals surface area (Å²) in [5.41, 5.74) is 6.61. The number of hydrogen-bond donors (Lipinski definition) is 1. The Balaban J connectivity index is 2.04. The van der Waals surface area contributed by atoms with E-state index in [0.717, 1.165) is 12.0 Å². The lowest BCUT2D eigenvalue weighted by Crippen LogP contribution is -2.44. The molecule has 1 fully saturated rings. The average molecular weight is 241 g/mol. The Bertz CT molecular complexity index is 442. The van der Waals surface area contributed by atoms with Gasteiger partial charge in [-0.2, -0.15) is 0 Å². The molecule has 1 aromatic heterocycles. The summed E-state index contributed by atoms with van der Waals surface area (Å²) in [6.45, 7) is 1.25. The van der Waals surface area contributed by atoms with Gasteiger partial charge in [-0.05, 0) is 18.1 Å². The second-order valence-corrected chi connectivity index (χ2v) is 5.94. The molecular weight excluding hydrogens is 226 g/mol. The van der Waals surface area contributed by atoms with E-state index in [-0.39, 0.29) is 5.75 Å². The van der Waals surface area contributed by atoms with Crippen LogP contribution in [0, 0.1) is 0 Å². The molecule has 1 atom stereocenters. The molecule has 5 nitrogen and oxygen atoms in total. The van der Waals surface area contributed by atoms with Crippen molar-refractivity contribution in [1.29, 1.82) is 0 Å². The number of pyridine rings is 1. The smallest absolute Gasteiger partial charge is 0.215 e. The number of hydrogen-bond acceptors (Lipinski definition) is 4. The largest absolute Gasteiger partial charge is 0.323 e. The molecule has 0 spiro atoms. The summed E-state index contributed by atoms with van der Waals surface area (Å²) in [5.74, 6) is -0.0430. The summed E-state index contributed by atoms with van der Waals surface area (Å²) in [6.07, 6.45) is 4.19. The quantitative estimate of drug-likeness (QED) is 0.812. The molecule has 88 valence electrons. The molecule has 0 aromatic carbocycles. The van der Waals surface area contributed by atoms with Crippen LogP contribution in [0.1, 0.15) is 18.0 Å². The Morgan fingerprint density at radius 2 is 2.25 bits per heavy atom. The second-order valence-electron chi connectivity index (χ2n) is 3.92. The summed E-state index contributed by atoms with van der Waals surface area (Å²) in [6, 6.07) is 3.05. The maximum Gasteiger partial charge on any atom is 0.215 e. The van der Waals surface area contributed by atoms with Crippen LogP contribution in [-0.4, -0.2) is 36.5 Å². The molecule has 0 saturated carbocycles. The topological polar surface area (TPSA) is 76.3 Å². The molecule has 1 saturated heterocycles. The Labute approximate surface area is 95.3 Å². The van der Waals surface area contributed by atoms with E-state index >= 15 is 0 Å². The molecule has 0 amide bonds. The molecule has 0 aliphatic carbocycles. The van der Waals surface area contributed by atoms with Crippen LogP contribution in [-0.2, 0) is 10.0 Å². The summed E-state index contributed by atoms with van der Waals surface area (Å²) < 4.78 is 25.1. The molecule has 0 bridgehead atoms. The van der Waals surface area contributed by atoms with Crippen LogP contribution < -0.4 is 5.73 Å². The highest BCUT2D eigenvalue weighted by atomic mass is 32.2. The molecule has 1 aromatic rings. The maximum absolute atomic E-state index is 11.8. The molecular formula is C10H15N3O2S. The monoisotopic (exact) mass is 241 g/mol. The van der Waals surface area contributed by atoms with Gasteiger partial charge in [0.25, 0.3) is 0 Å². The molecule has 0 radical (unpaired) electrons. The van der Waals surface area contributed by atoms with E-state index in [2.05, 4.69) is 4.98 Å². The Hall–Kier alpha value is -0.980. The molecule has 1 aliphatic heterocycles. The van der Waals surface area contributed by atoms with Gasteiger partial charge in [-0.3, -0.25) is 4.98 Å². The lowest BCUT2D eigenvalue weighted by atomic mass is 10.2. The highest BCUT2D eigenvalue weighted by Crippen LogP contribution is 2.18. The van der Waals surface area contributed by atoms with Crippen LogP contribution in [0.5, 0.6) is 0 Å². The predicted octanol–water partition coefficient (Wildman–Crippen LogP) is 0.117. The van der Waals surface area contributed by atoms with Crippen molar-refractivity contribution in [3.05, 3.63) is 30.1 Å². The third-order valence-corrected chi connectivity index (χ3v) is 4.64. The third-order valence-electron chi connectivity index (χ3n) is 2.71. The SMILES string of the molecule is NC(CS(=O)(=O)N1CCC1)c1cccnc1. The van der Waals surface area contributed by atoms with Gasteiger partial charge in [0.2, 0.25) is 10.0 Å². The van der Waals surface area contributed by atoms with Crippen molar-refractivity contribution in [2.45, 2.75) is 12.5 Å². The predicted molar refractivity (Wildman–Crippen MR) is 61.1 cm³/mol. The van der Waals surface area contributed by atoms with Gasteiger partial charge in [-0.15, -0.1) is 0 Å². The molecule has 16 heavy (non-hydrogen) atoms. The fourth-order valence-corrected chi connectivity index (χ4v) is 3.26. The van der Waals surface area contributed by atoms with Crippen LogP contribution in [0.2, 0.25) is 0 Å². The molecule has 6 heteroatoms. The van der Waals surface area contributed by atoms with E-state index in [0.29, 0.717) is 13.1 Å². The van der Waals surface area contributed by atoms with E-state index in [9.17, 15) is 8.42 Å². The van der Waals surface area contributed by atoms with Gasteiger partial charge in [-0.25, -0.2) is 12.7 Å². The number of nitrogens with two attached hydrogens (primary N) is 1. The highest BCUT2D eigenvalue weighted by Gasteiger charge is 2.29. The van der Waals surface area contributed by atoms with Gasteiger partial charge < -0.3 is 5.73 Å². The summed E-state index contributed by atoms with van der Waals surface area (Å²) in [7, 11) is -3.19. The summed E-state index contributed by atoms with van der Waals surface area (Å²) in [4.78, 5) is 3.93. The lowest BCUT2D eigenvalue weighted by Gasteiger charge is -2.30. The van der Waals surface area contributed by atoms with Crippen LogP contribution in [0.3, 0.4) is 0 Å². The molecule has 1 aliphatic rings. The van der Waals surface area contributed by atoms with Crippen LogP contribution in [0.15, 0.2) is 24.5 Å². The fourth-order valence-electron chi connectivity index (χ4n) is 1.59. The van der Waals surface area contributed by atoms with Crippen LogP contribution in [0.25, 0.3) is 0 Å². The van der Waals surface area contributed by atoms with Crippen LogP contribution >= 0.6 is 0 Å². The van der Waals surface area contributed by atoms with Gasteiger partial charge in [0.15, 0.2) is 0 Å². The Morgan fingerprint density at radius 3 is 2.75 bits per heavy atom. The number of sulfonamides is 1. The first-order valence-corrected chi connectivity index (χ1v) is 6.84. The average Bonchev–Trinajstić information content (AvgIpc) is 2.14. The van der Waals surface area contributed by atoms with E-state index in [4.69, 9.17) is 5.73 Å². The minimum Gasteiger partial charge on any atom is -0.323 e. The first kappa shape index (κ1) is 11.5. The Morgan fingerprint density at radius 1 is 1.50 bits per heavy atom. The van der Waals surface area contributed by atoms with Crippen LogP contribution in [0.4, 0.5) is 0 Å². The van der Waals surface area contributed by atoms with Crippen molar-refractivity contribution in [3.8, 4) is 0 Å². The van der Waals surface area contributed by atoms with E-state index < -0.39 is 16.1 Å². The third kappa shape index (κ3) is 2.40. The Kier molecular flexibility index (Phi) is 3.22. The van der Waals surface area contributed by atoms with Gasteiger partial charge in [0, 0.05) is 31.5 Å². The molecule has 2 heterocycles. The second kappa shape index (κ2) is 4.48. The first-order chi connectivity index (χ1) is 7.59. The van der Waals surface area contributed by atoms with Gasteiger partial charge in [0.05, 0.1) is 5.75 Å². The normalized spacial score (nSPS) is 19.1. The maximum atomic E-state index is 11.8. The van der Waals surface area contributed by atoms with Gasteiger partial charge in [0.1, 0.15) is 0 Å². The van der Waals surface area contributed by atoms with E-state index in [1.807, 2.05) is 0 Å². The van der Waals surface area contributed by atoms with Crippen molar-refractivity contribution in [1.82, 2.24) is 9.29 Å².